The van der Waals surface area contributed by atoms with Crippen molar-refractivity contribution in [3.63, 3.8) is 0 Å². The summed E-state index contributed by atoms with van der Waals surface area (Å²) in [6.07, 6.45) is 0. The molecule has 0 N–H and O–H groups in total. The molecule has 2 nitrogen and oxygen atoms in total. The summed E-state index contributed by atoms with van der Waals surface area (Å²) in [6.45, 7) is 0. The van der Waals surface area contributed by atoms with Crippen molar-refractivity contribution in [2.24, 2.45) is 0 Å². The molecule has 0 atom stereocenters. The zero-order valence-electron chi connectivity index (χ0n) is 33.4. The van der Waals surface area contributed by atoms with Gasteiger partial charge in [-0.15, -0.1) is 0 Å². The van der Waals surface area contributed by atoms with E-state index >= 15 is 0 Å². The molecule has 0 amide bonds. The summed E-state index contributed by atoms with van der Waals surface area (Å²) in [5, 5.41) is 4.69. The van der Waals surface area contributed by atoms with E-state index in [0.717, 1.165) is 44.6 Å². The average Bonchev–Trinajstić information content (AvgIpc) is 3.87. The lowest BCUT2D eigenvalue weighted by atomic mass is 9.68. The van der Waals surface area contributed by atoms with Crippen LogP contribution in [0.4, 0.5) is 17.1 Å². The van der Waals surface area contributed by atoms with Crippen molar-refractivity contribution in [3.8, 4) is 33.4 Å². The Morgan fingerprint density at radius 1 is 0.361 bits per heavy atom. The molecule has 0 radical (unpaired) electrons. The van der Waals surface area contributed by atoms with Gasteiger partial charge in [0.1, 0.15) is 11.2 Å². The van der Waals surface area contributed by atoms with Crippen molar-refractivity contribution in [3.05, 3.63) is 259 Å². The van der Waals surface area contributed by atoms with Crippen molar-refractivity contribution in [2.75, 3.05) is 4.90 Å². The van der Waals surface area contributed by atoms with Gasteiger partial charge in [0.25, 0.3) is 0 Å². The minimum atomic E-state index is -0.520. The number of benzene rings is 10. The van der Waals surface area contributed by atoms with Crippen LogP contribution in [-0.4, -0.2) is 0 Å². The van der Waals surface area contributed by atoms with Crippen molar-refractivity contribution in [1.29, 1.82) is 0 Å². The van der Waals surface area contributed by atoms with Gasteiger partial charge < -0.3 is 9.32 Å². The molecular weight excluding hydrogens is 739 g/mol. The third-order valence-corrected chi connectivity index (χ3v) is 12.7. The van der Waals surface area contributed by atoms with Crippen LogP contribution in [-0.2, 0) is 5.41 Å². The highest BCUT2D eigenvalue weighted by Crippen LogP contribution is 2.60. The van der Waals surface area contributed by atoms with Gasteiger partial charge >= 0.3 is 0 Å². The molecule has 0 saturated heterocycles. The number of hydrogen-bond donors (Lipinski definition) is 0. The van der Waals surface area contributed by atoms with Gasteiger partial charge in [0.2, 0.25) is 0 Å². The van der Waals surface area contributed by atoms with Gasteiger partial charge in [-0.3, -0.25) is 0 Å². The van der Waals surface area contributed by atoms with E-state index in [9.17, 15) is 0 Å². The second kappa shape index (κ2) is 14.1. The maximum absolute atomic E-state index is 6.53. The monoisotopic (exact) mass is 777 g/mol. The molecule has 1 heterocycles. The van der Waals surface area contributed by atoms with Crippen molar-refractivity contribution < 1.29 is 4.42 Å². The normalized spacial score (nSPS) is 12.7. The molecule has 0 aliphatic heterocycles. The first-order valence-corrected chi connectivity index (χ1v) is 21.0. The predicted octanol–water partition coefficient (Wildman–Crippen LogP) is 15.9. The Morgan fingerprint density at radius 2 is 0.902 bits per heavy atom. The van der Waals surface area contributed by atoms with Gasteiger partial charge in [-0.2, -0.15) is 0 Å². The zero-order chi connectivity index (χ0) is 40.3. The lowest BCUT2D eigenvalue weighted by molar-refractivity contribution is 0.669. The van der Waals surface area contributed by atoms with Crippen LogP contribution in [0.2, 0.25) is 0 Å². The number of para-hydroxylation sites is 1. The fourth-order valence-corrected chi connectivity index (χ4v) is 10.0. The molecule has 0 unspecified atom stereocenters. The van der Waals surface area contributed by atoms with E-state index in [1.807, 2.05) is 6.07 Å². The molecule has 11 aromatic rings. The van der Waals surface area contributed by atoms with Gasteiger partial charge in [0, 0.05) is 16.6 Å². The van der Waals surface area contributed by atoms with E-state index in [-0.39, 0.29) is 0 Å². The van der Waals surface area contributed by atoms with Crippen molar-refractivity contribution >= 4 is 49.8 Å². The quantitative estimate of drug-likeness (QED) is 0.160. The first-order valence-electron chi connectivity index (χ1n) is 21.0. The van der Waals surface area contributed by atoms with Crippen LogP contribution in [0.3, 0.4) is 0 Å². The predicted molar refractivity (Wildman–Crippen MR) is 254 cm³/mol. The highest BCUT2D eigenvalue weighted by Gasteiger charge is 2.47. The summed E-state index contributed by atoms with van der Waals surface area (Å²) in [7, 11) is 0. The summed E-state index contributed by atoms with van der Waals surface area (Å²) in [5.74, 6) is 0. The van der Waals surface area contributed by atoms with Crippen LogP contribution in [0.25, 0.3) is 66.1 Å². The molecule has 1 aromatic heterocycles. The van der Waals surface area contributed by atoms with Crippen molar-refractivity contribution in [2.45, 2.75) is 5.41 Å². The van der Waals surface area contributed by atoms with E-state index in [1.54, 1.807) is 0 Å². The first-order chi connectivity index (χ1) is 30.3. The highest BCUT2D eigenvalue weighted by atomic mass is 16.3. The number of rotatable bonds is 7. The minimum Gasteiger partial charge on any atom is -0.456 e. The van der Waals surface area contributed by atoms with Crippen LogP contribution in [0, 0.1) is 0 Å². The lowest BCUT2D eigenvalue weighted by Crippen LogP contribution is -2.28. The third kappa shape index (κ3) is 5.50. The van der Waals surface area contributed by atoms with Crippen molar-refractivity contribution in [1.82, 2.24) is 0 Å². The number of furan rings is 1. The molecule has 1 aliphatic rings. The Morgan fingerprint density at radius 3 is 1.66 bits per heavy atom. The molecule has 0 fully saturated rings. The molecule has 2 heteroatoms. The Hall–Kier alpha value is -7.94. The Bertz CT molecular complexity index is 3360. The Labute approximate surface area is 355 Å². The minimum absolute atomic E-state index is 0.520. The Balaban J connectivity index is 1.05. The van der Waals surface area contributed by atoms with E-state index in [1.165, 1.54) is 60.8 Å². The van der Waals surface area contributed by atoms with Gasteiger partial charge in [-0.1, -0.05) is 194 Å². The summed E-state index contributed by atoms with van der Waals surface area (Å²) in [6, 6.07) is 86.0. The molecule has 12 rings (SSSR count). The maximum Gasteiger partial charge on any atom is 0.137 e. The summed E-state index contributed by atoms with van der Waals surface area (Å²) in [5.41, 5.74) is 16.7. The molecule has 10 aromatic carbocycles. The Kier molecular flexibility index (Phi) is 8.11. The fraction of sp³-hybridized carbons (Fsp3) is 0.0169. The van der Waals surface area contributed by atoms with Gasteiger partial charge in [0.15, 0.2) is 0 Å². The SMILES string of the molecule is c1ccc(C2(c3ccccc3)c3ccccc3-c3c(N(c4ccc(-c5ccc(-c6ccc7ccccc7c6)cc5)cc4)c4cccc5oc6ccccc6c45)cccc32)cc1. The second-order valence-electron chi connectivity index (χ2n) is 16.0. The average molecular weight is 778 g/mol. The summed E-state index contributed by atoms with van der Waals surface area (Å²) >= 11 is 0. The van der Waals surface area contributed by atoms with Crippen LogP contribution in [0.5, 0.6) is 0 Å². The van der Waals surface area contributed by atoms with Crippen LogP contribution >= 0.6 is 0 Å². The van der Waals surface area contributed by atoms with E-state index in [4.69, 9.17) is 4.42 Å². The summed E-state index contributed by atoms with van der Waals surface area (Å²) < 4.78 is 6.53. The zero-order valence-corrected chi connectivity index (χ0v) is 33.4. The molecule has 0 saturated carbocycles. The van der Waals surface area contributed by atoms with Crippen LogP contribution < -0.4 is 4.90 Å². The molecule has 0 spiro atoms. The summed E-state index contributed by atoms with van der Waals surface area (Å²) in [4.78, 5) is 2.46. The lowest BCUT2D eigenvalue weighted by Gasteiger charge is -2.34. The number of anilines is 3. The largest absolute Gasteiger partial charge is 0.456 e. The topological polar surface area (TPSA) is 16.4 Å². The second-order valence-corrected chi connectivity index (χ2v) is 16.0. The van der Waals surface area contributed by atoms with Crippen LogP contribution in [0.1, 0.15) is 22.3 Å². The third-order valence-electron chi connectivity index (χ3n) is 12.7. The smallest absolute Gasteiger partial charge is 0.137 e. The van der Waals surface area contributed by atoms with E-state index < -0.39 is 5.41 Å². The number of fused-ring (bicyclic) bond motifs is 7. The highest BCUT2D eigenvalue weighted by molar-refractivity contribution is 6.14. The molecule has 0 bridgehead atoms. The van der Waals surface area contributed by atoms with Gasteiger partial charge in [-0.25, -0.2) is 0 Å². The standard InChI is InChI=1S/C59H39NO/c1-3-17-46(18-4-1)59(47-19-5-2-6-20-47)51-23-11-9-21-49(51)57-52(59)24-13-25-53(57)60(54-26-14-28-56-58(54)50-22-10-12-27-55(50)61-56)48-37-35-42(36-38-48)41-29-31-43(32-30-41)45-34-33-40-15-7-8-16-44(40)39-45/h1-39H. The molecule has 1 aliphatic carbocycles. The maximum atomic E-state index is 6.53. The van der Waals surface area contributed by atoms with E-state index in [2.05, 4.69) is 235 Å². The molecule has 286 valence electrons. The van der Waals surface area contributed by atoms with Gasteiger partial charge in [-0.05, 0) is 103 Å². The molecule has 61 heavy (non-hydrogen) atoms. The first kappa shape index (κ1) is 35.0. The van der Waals surface area contributed by atoms with E-state index in [0.29, 0.717) is 0 Å². The number of hydrogen-bond acceptors (Lipinski definition) is 2. The van der Waals surface area contributed by atoms with Crippen LogP contribution in [0.15, 0.2) is 241 Å². The fourth-order valence-electron chi connectivity index (χ4n) is 10.0. The van der Waals surface area contributed by atoms with Gasteiger partial charge in [0.05, 0.1) is 22.2 Å². The number of nitrogens with zero attached hydrogens (tertiary/aromatic N) is 1. The molecular formula is C59H39NO.